The summed E-state index contributed by atoms with van der Waals surface area (Å²) in [5.41, 5.74) is 6.82. The lowest BCUT2D eigenvalue weighted by Crippen LogP contribution is -2.37. The number of aryl methyl sites for hydroxylation is 1. The molecule has 1 aromatic rings. The molecule has 0 radical (unpaired) electrons. The number of hydrogen-bond donors (Lipinski definition) is 2. The van der Waals surface area contributed by atoms with Gasteiger partial charge in [0, 0.05) is 31.7 Å². The number of hydrogen-bond acceptors (Lipinski definition) is 4. The molecular weight excluding hydrogens is 278 g/mol. The van der Waals surface area contributed by atoms with E-state index < -0.39 is 10.0 Å². The first-order valence-electron chi connectivity index (χ1n) is 6.44. The van der Waals surface area contributed by atoms with Crippen LogP contribution < -0.4 is 11.1 Å². The van der Waals surface area contributed by atoms with Gasteiger partial charge in [-0.2, -0.15) is 4.31 Å². The number of anilines is 1. The average Bonchev–Trinajstić information content (AvgIpc) is 2.76. The van der Waals surface area contributed by atoms with Gasteiger partial charge < -0.3 is 11.1 Å². The van der Waals surface area contributed by atoms with Crippen LogP contribution in [0.4, 0.5) is 5.69 Å². The fourth-order valence-electron chi connectivity index (χ4n) is 2.45. The molecular formula is C13H19N3O3S. The van der Waals surface area contributed by atoms with E-state index in [1.54, 1.807) is 19.1 Å². The molecule has 20 heavy (non-hydrogen) atoms. The van der Waals surface area contributed by atoms with Crippen LogP contribution in [0.15, 0.2) is 23.1 Å². The van der Waals surface area contributed by atoms with Crippen LogP contribution in [0, 0.1) is 6.92 Å². The van der Waals surface area contributed by atoms with E-state index in [0.29, 0.717) is 30.8 Å². The molecule has 1 aliphatic rings. The Hall–Kier alpha value is -1.60. The first kappa shape index (κ1) is 14.8. The van der Waals surface area contributed by atoms with Gasteiger partial charge >= 0.3 is 0 Å². The van der Waals surface area contributed by atoms with Gasteiger partial charge in [0.05, 0.1) is 4.90 Å². The van der Waals surface area contributed by atoms with Crippen molar-refractivity contribution in [2.45, 2.75) is 31.2 Å². The summed E-state index contributed by atoms with van der Waals surface area (Å²) in [4.78, 5) is 11.3. The topological polar surface area (TPSA) is 92.5 Å². The predicted octanol–water partition coefficient (Wildman–Crippen LogP) is 0.476. The zero-order valence-electron chi connectivity index (χ0n) is 11.6. The summed E-state index contributed by atoms with van der Waals surface area (Å²) >= 11 is 0. The number of amides is 1. The molecule has 110 valence electrons. The second-order valence-corrected chi connectivity index (χ2v) is 6.98. The van der Waals surface area contributed by atoms with E-state index in [2.05, 4.69) is 5.32 Å². The van der Waals surface area contributed by atoms with E-state index in [9.17, 15) is 13.2 Å². The monoisotopic (exact) mass is 297 g/mol. The number of nitrogens with one attached hydrogen (secondary N) is 1. The SMILES string of the molecule is CC(=O)NC1CCN(S(=O)(=O)c2ccc(N)cc2C)C1. The van der Waals surface area contributed by atoms with Crippen molar-refractivity contribution in [2.24, 2.45) is 0 Å². The van der Waals surface area contributed by atoms with Crippen LogP contribution in [-0.2, 0) is 14.8 Å². The molecule has 2 rings (SSSR count). The minimum atomic E-state index is -3.53. The Labute approximate surface area is 119 Å². The maximum atomic E-state index is 12.6. The summed E-state index contributed by atoms with van der Waals surface area (Å²) in [6, 6.07) is 4.65. The number of benzene rings is 1. The molecule has 1 aromatic carbocycles. The third-order valence-corrected chi connectivity index (χ3v) is 5.40. The van der Waals surface area contributed by atoms with Gasteiger partial charge in [0.2, 0.25) is 15.9 Å². The smallest absolute Gasteiger partial charge is 0.243 e. The number of sulfonamides is 1. The van der Waals surface area contributed by atoms with E-state index in [0.717, 1.165) is 0 Å². The van der Waals surface area contributed by atoms with Crippen molar-refractivity contribution in [3.63, 3.8) is 0 Å². The molecule has 0 bridgehead atoms. The average molecular weight is 297 g/mol. The Morgan fingerprint density at radius 3 is 2.75 bits per heavy atom. The molecule has 1 atom stereocenters. The van der Waals surface area contributed by atoms with Gasteiger partial charge in [-0.05, 0) is 37.1 Å². The maximum absolute atomic E-state index is 12.6. The molecule has 1 saturated heterocycles. The third kappa shape index (κ3) is 2.94. The number of nitrogen functional groups attached to an aromatic ring is 1. The summed E-state index contributed by atoms with van der Waals surface area (Å²) in [6.07, 6.45) is 0.632. The fourth-order valence-corrected chi connectivity index (χ4v) is 4.16. The van der Waals surface area contributed by atoms with Gasteiger partial charge in [-0.3, -0.25) is 4.79 Å². The maximum Gasteiger partial charge on any atom is 0.243 e. The Kier molecular flexibility index (Phi) is 4.01. The third-order valence-electron chi connectivity index (χ3n) is 3.38. The second kappa shape index (κ2) is 5.41. The van der Waals surface area contributed by atoms with Gasteiger partial charge in [-0.15, -0.1) is 0 Å². The van der Waals surface area contributed by atoms with Gasteiger partial charge in [0.1, 0.15) is 0 Å². The number of nitrogens with two attached hydrogens (primary N) is 1. The molecule has 1 aliphatic heterocycles. The molecule has 0 spiro atoms. The van der Waals surface area contributed by atoms with E-state index in [1.165, 1.54) is 17.3 Å². The van der Waals surface area contributed by atoms with Crippen LogP contribution in [0.3, 0.4) is 0 Å². The molecule has 7 heteroatoms. The molecule has 0 saturated carbocycles. The second-order valence-electron chi connectivity index (χ2n) is 5.07. The van der Waals surface area contributed by atoms with Gasteiger partial charge in [-0.1, -0.05) is 0 Å². The van der Waals surface area contributed by atoms with Crippen LogP contribution in [0.25, 0.3) is 0 Å². The lowest BCUT2D eigenvalue weighted by Gasteiger charge is -2.18. The van der Waals surface area contributed by atoms with Gasteiger partial charge in [0.15, 0.2) is 0 Å². The van der Waals surface area contributed by atoms with Crippen molar-refractivity contribution >= 4 is 21.6 Å². The van der Waals surface area contributed by atoms with Gasteiger partial charge in [0.25, 0.3) is 0 Å². The first-order valence-corrected chi connectivity index (χ1v) is 7.88. The Bertz CT molecular complexity index is 628. The number of nitrogens with zero attached hydrogens (tertiary/aromatic N) is 1. The number of carbonyl (C=O) groups is 1. The van der Waals surface area contributed by atoms with Crippen molar-refractivity contribution in [3.8, 4) is 0 Å². The van der Waals surface area contributed by atoms with Gasteiger partial charge in [-0.25, -0.2) is 8.42 Å². The van der Waals surface area contributed by atoms with Crippen molar-refractivity contribution in [2.75, 3.05) is 18.8 Å². The predicted molar refractivity (Wildman–Crippen MR) is 76.6 cm³/mol. The standard InChI is InChI=1S/C13H19N3O3S/c1-9-7-11(14)3-4-13(9)20(18,19)16-6-5-12(8-16)15-10(2)17/h3-4,7,12H,5-6,8,14H2,1-2H3,(H,15,17). The molecule has 1 amide bonds. The van der Waals surface area contributed by atoms with Crippen molar-refractivity contribution < 1.29 is 13.2 Å². The summed E-state index contributed by atoms with van der Waals surface area (Å²) in [5, 5.41) is 2.75. The highest BCUT2D eigenvalue weighted by molar-refractivity contribution is 7.89. The van der Waals surface area contributed by atoms with E-state index in [-0.39, 0.29) is 16.8 Å². The molecule has 1 fully saturated rings. The number of carbonyl (C=O) groups excluding carboxylic acids is 1. The van der Waals surface area contributed by atoms with Crippen molar-refractivity contribution in [1.29, 1.82) is 0 Å². The van der Waals surface area contributed by atoms with Crippen LogP contribution in [0.2, 0.25) is 0 Å². The van der Waals surface area contributed by atoms with E-state index in [4.69, 9.17) is 5.73 Å². The first-order chi connectivity index (χ1) is 9.30. The molecule has 0 aliphatic carbocycles. The Morgan fingerprint density at radius 1 is 1.45 bits per heavy atom. The minimum Gasteiger partial charge on any atom is -0.399 e. The van der Waals surface area contributed by atoms with Crippen molar-refractivity contribution in [3.05, 3.63) is 23.8 Å². The molecule has 0 aromatic heterocycles. The molecule has 6 nitrogen and oxygen atoms in total. The van der Waals surface area contributed by atoms with Crippen LogP contribution in [0.5, 0.6) is 0 Å². The van der Waals surface area contributed by atoms with Crippen molar-refractivity contribution in [1.82, 2.24) is 9.62 Å². The normalized spacial score (nSPS) is 20.0. The quantitative estimate of drug-likeness (QED) is 0.794. The highest BCUT2D eigenvalue weighted by Gasteiger charge is 2.33. The zero-order chi connectivity index (χ0) is 14.9. The highest BCUT2D eigenvalue weighted by atomic mass is 32.2. The molecule has 1 unspecified atom stereocenters. The van der Waals surface area contributed by atoms with Crippen LogP contribution >= 0.6 is 0 Å². The molecule has 3 N–H and O–H groups in total. The lowest BCUT2D eigenvalue weighted by atomic mass is 10.2. The van der Waals surface area contributed by atoms with E-state index in [1.807, 2.05) is 0 Å². The highest BCUT2D eigenvalue weighted by Crippen LogP contribution is 2.25. The Morgan fingerprint density at radius 2 is 2.15 bits per heavy atom. The minimum absolute atomic E-state index is 0.114. The fraction of sp³-hybridized carbons (Fsp3) is 0.462. The Balaban J connectivity index is 2.21. The largest absolute Gasteiger partial charge is 0.399 e. The van der Waals surface area contributed by atoms with Crippen LogP contribution in [0.1, 0.15) is 18.9 Å². The van der Waals surface area contributed by atoms with Crippen LogP contribution in [-0.4, -0.2) is 37.8 Å². The molecule has 1 heterocycles. The number of rotatable bonds is 3. The summed E-state index contributed by atoms with van der Waals surface area (Å²) < 4.78 is 26.5. The summed E-state index contributed by atoms with van der Waals surface area (Å²) in [5.74, 6) is -0.141. The zero-order valence-corrected chi connectivity index (χ0v) is 12.4. The lowest BCUT2D eigenvalue weighted by molar-refractivity contribution is -0.119. The summed E-state index contributed by atoms with van der Waals surface area (Å²) in [7, 11) is -3.53. The van der Waals surface area contributed by atoms with E-state index >= 15 is 0 Å². The summed E-state index contributed by atoms with van der Waals surface area (Å²) in [6.45, 7) is 3.88.